The summed E-state index contributed by atoms with van der Waals surface area (Å²) >= 11 is 0.944. The second kappa shape index (κ2) is 4.28. The summed E-state index contributed by atoms with van der Waals surface area (Å²) in [6.45, 7) is 0. The maximum atomic E-state index is 12.1. The molecule has 2 rings (SSSR count). The van der Waals surface area contributed by atoms with Gasteiger partial charge < -0.3 is 5.73 Å². The summed E-state index contributed by atoms with van der Waals surface area (Å²) in [6, 6.07) is 3.09. The molecule has 8 heteroatoms. The Hall–Kier alpha value is -1.70. The minimum absolute atomic E-state index is 0.145. The average Bonchev–Trinajstić information content (AvgIpc) is 2.64. The molecule has 0 aromatic carbocycles. The van der Waals surface area contributed by atoms with Crippen LogP contribution in [0.5, 0.6) is 0 Å². The summed E-state index contributed by atoms with van der Waals surface area (Å²) in [6.07, 6.45) is -4.00. The van der Waals surface area contributed by atoms with E-state index in [-0.39, 0.29) is 10.7 Å². The summed E-state index contributed by atoms with van der Waals surface area (Å²) in [5, 5.41) is 7.76. The molecule has 2 aromatic rings. The fourth-order valence-corrected chi connectivity index (χ4v) is 2.07. The van der Waals surface area contributed by atoms with E-state index in [9.17, 15) is 13.2 Å². The van der Waals surface area contributed by atoms with Gasteiger partial charge in [0, 0.05) is 11.1 Å². The van der Waals surface area contributed by atoms with Crippen LogP contribution in [-0.4, -0.2) is 21.4 Å². The van der Waals surface area contributed by atoms with Crippen molar-refractivity contribution < 1.29 is 13.2 Å². The van der Waals surface area contributed by atoms with Crippen LogP contribution in [-0.2, 0) is 6.42 Å². The minimum Gasteiger partial charge on any atom is -0.382 e. The van der Waals surface area contributed by atoms with Crippen molar-refractivity contribution in [3.63, 3.8) is 0 Å². The Bertz CT molecular complexity index is 506. The molecule has 0 radical (unpaired) electrons. The number of nitrogens with two attached hydrogens (primary N) is 1. The van der Waals surface area contributed by atoms with E-state index in [0.29, 0.717) is 10.7 Å². The first-order chi connectivity index (χ1) is 7.94. The number of thiazole rings is 1. The first kappa shape index (κ1) is 11.8. The van der Waals surface area contributed by atoms with Crippen molar-refractivity contribution in [3.8, 4) is 10.7 Å². The Kier molecular flexibility index (Phi) is 2.97. The van der Waals surface area contributed by atoms with Gasteiger partial charge in [0.15, 0.2) is 0 Å². The summed E-state index contributed by atoms with van der Waals surface area (Å²) in [5.74, 6) is 0.251. The van der Waals surface area contributed by atoms with Crippen molar-refractivity contribution >= 4 is 17.2 Å². The highest BCUT2D eigenvalue weighted by molar-refractivity contribution is 7.15. The Labute approximate surface area is 98.3 Å². The zero-order valence-corrected chi connectivity index (χ0v) is 9.22. The van der Waals surface area contributed by atoms with Crippen LogP contribution in [0.1, 0.15) is 4.88 Å². The van der Waals surface area contributed by atoms with Crippen LogP contribution in [0, 0.1) is 0 Å². The van der Waals surface area contributed by atoms with Crippen LogP contribution in [0.15, 0.2) is 18.3 Å². The Morgan fingerprint density at radius 3 is 2.59 bits per heavy atom. The number of nitrogen functional groups attached to an aromatic ring is 1. The Morgan fingerprint density at radius 2 is 2.00 bits per heavy atom. The molecular formula is C9H7F3N4S. The van der Waals surface area contributed by atoms with Crippen molar-refractivity contribution in [2.75, 3.05) is 5.73 Å². The van der Waals surface area contributed by atoms with E-state index < -0.39 is 12.6 Å². The lowest BCUT2D eigenvalue weighted by molar-refractivity contribution is -0.126. The normalized spacial score (nSPS) is 11.7. The van der Waals surface area contributed by atoms with Crippen LogP contribution in [0.3, 0.4) is 0 Å². The predicted octanol–water partition coefficient (Wildman–Crippen LogP) is 2.29. The number of hydrogen-bond acceptors (Lipinski definition) is 5. The lowest BCUT2D eigenvalue weighted by Gasteiger charge is -2.01. The summed E-state index contributed by atoms with van der Waals surface area (Å²) in [4.78, 5) is 4.02. The zero-order chi connectivity index (χ0) is 12.5. The number of rotatable bonds is 2. The second-order valence-electron chi connectivity index (χ2n) is 3.27. The second-order valence-corrected chi connectivity index (χ2v) is 4.38. The molecule has 0 fully saturated rings. The van der Waals surface area contributed by atoms with Crippen molar-refractivity contribution in [3.05, 3.63) is 23.2 Å². The van der Waals surface area contributed by atoms with Crippen LogP contribution in [0.4, 0.5) is 19.0 Å². The molecule has 0 saturated carbocycles. The van der Waals surface area contributed by atoms with E-state index in [1.807, 2.05) is 0 Å². The highest BCUT2D eigenvalue weighted by atomic mass is 32.1. The third-order valence-corrected chi connectivity index (χ3v) is 2.85. The highest BCUT2D eigenvalue weighted by Crippen LogP contribution is 2.28. The van der Waals surface area contributed by atoms with Crippen LogP contribution >= 0.6 is 11.3 Å². The molecule has 2 N–H and O–H groups in total. The Morgan fingerprint density at radius 1 is 1.24 bits per heavy atom. The highest BCUT2D eigenvalue weighted by Gasteiger charge is 2.28. The smallest absolute Gasteiger partial charge is 0.382 e. The topological polar surface area (TPSA) is 64.7 Å². The maximum absolute atomic E-state index is 12.1. The van der Waals surface area contributed by atoms with Gasteiger partial charge in [-0.2, -0.15) is 13.2 Å². The average molecular weight is 260 g/mol. The molecule has 0 amide bonds. The quantitative estimate of drug-likeness (QED) is 0.899. The molecule has 0 spiro atoms. The molecule has 0 bridgehead atoms. The van der Waals surface area contributed by atoms with Crippen molar-refractivity contribution in [1.29, 1.82) is 0 Å². The van der Waals surface area contributed by atoms with E-state index in [1.54, 1.807) is 6.07 Å². The van der Waals surface area contributed by atoms with Crippen molar-refractivity contribution in [1.82, 2.24) is 15.2 Å². The molecule has 2 aromatic heterocycles. The molecule has 4 nitrogen and oxygen atoms in total. The molecule has 0 saturated heterocycles. The predicted molar refractivity (Wildman–Crippen MR) is 57.3 cm³/mol. The van der Waals surface area contributed by atoms with Gasteiger partial charge in [-0.25, -0.2) is 4.98 Å². The number of alkyl halides is 3. The summed E-state index contributed by atoms with van der Waals surface area (Å²) in [5.41, 5.74) is 5.77. The van der Waals surface area contributed by atoms with Gasteiger partial charge in [-0.1, -0.05) is 0 Å². The summed E-state index contributed by atoms with van der Waals surface area (Å²) in [7, 11) is 0. The molecule has 0 aliphatic heterocycles. The number of halogens is 3. The SMILES string of the molecule is Nc1ccc(-c2ncc(CC(F)(F)F)s2)nn1. The lowest BCUT2D eigenvalue weighted by atomic mass is 10.4. The van der Waals surface area contributed by atoms with Crippen molar-refractivity contribution in [2.45, 2.75) is 12.6 Å². The van der Waals surface area contributed by atoms with E-state index in [4.69, 9.17) is 5.73 Å². The van der Waals surface area contributed by atoms with Gasteiger partial charge in [0.05, 0.1) is 6.42 Å². The van der Waals surface area contributed by atoms with E-state index in [0.717, 1.165) is 11.3 Å². The number of nitrogens with zero attached hydrogens (tertiary/aromatic N) is 3. The van der Waals surface area contributed by atoms with Gasteiger partial charge in [0.1, 0.15) is 16.5 Å². The number of hydrogen-bond donors (Lipinski definition) is 1. The van der Waals surface area contributed by atoms with Crippen LogP contribution in [0.2, 0.25) is 0 Å². The maximum Gasteiger partial charge on any atom is 0.393 e. The van der Waals surface area contributed by atoms with Gasteiger partial charge >= 0.3 is 6.18 Å². The fraction of sp³-hybridized carbons (Fsp3) is 0.222. The summed E-state index contributed by atoms with van der Waals surface area (Å²) < 4.78 is 36.4. The van der Waals surface area contributed by atoms with E-state index in [2.05, 4.69) is 15.2 Å². The molecular weight excluding hydrogens is 253 g/mol. The van der Waals surface area contributed by atoms with Crippen LogP contribution in [0.25, 0.3) is 10.7 Å². The van der Waals surface area contributed by atoms with Gasteiger partial charge in [-0.05, 0) is 12.1 Å². The first-order valence-corrected chi connectivity index (χ1v) is 5.37. The van der Waals surface area contributed by atoms with Gasteiger partial charge in [0.25, 0.3) is 0 Å². The molecule has 17 heavy (non-hydrogen) atoms. The lowest BCUT2D eigenvalue weighted by Crippen LogP contribution is -2.10. The molecule has 0 aliphatic carbocycles. The standard InChI is InChI=1S/C9H7F3N4S/c10-9(11,12)3-5-4-14-8(17-5)6-1-2-7(13)16-15-6/h1-2,4H,3H2,(H2,13,16). The third kappa shape index (κ3) is 3.13. The molecule has 0 aliphatic rings. The third-order valence-electron chi connectivity index (χ3n) is 1.83. The fourth-order valence-electron chi connectivity index (χ4n) is 1.16. The van der Waals surface area contributed by atoms with Gasteiger partial charge in [-0.3, -0.25) is 0 Å². The molecule has 0 unspecified atom stereocenters. The number of anilines is 1. The number of aromatic nitrogens is 3. The monoisotopic (exact) mass is 260 g/mol. The minimum atomic E-state index is -4.23. The van der Waals surface area contributed by atoms with Crippen molar-refractivity contribution in [2.24, 2.45) is 0 Å². The van der Waals surface area contributed by atoms with Gasteiger partial charge in [0.2, 0.25) is 0 Å². The van der Waals surface area contributed by atoms with E-state index in [1.165, 1.54) is 12.3 Å². The largest absolute Gasteiger partial charge is 0.393 e. The van der Waals surface area contributed by atoms with E-state index >= 15 is 0 Å². The zero-order valence-electron chi connectivity index (χ0n) is 8.40. The molecule has 90 valence electrons. The van der Waals surface area contributed by atoms with Crippen LogP contribution < -0.4 is 5.73 Å². The molecule has 0 atom stereocenters. The first-order valence-electron chi connectivity index (χ1n) is 4.55. The molecule has 2 heterocycles. The van der Waals surface area contributed by atoms with Gasteiger partial charge in [-0.15, -0.1) is 21.5 Å². The Balaban J connectivity index is 2.21.